The molecule has 0 radical (unpaired) electrons. The summed E-state index contributed by atoms with van der Waals surface area (Å²) >= 11 is 6.20. The SMILES string of the molecule is CCOc1c(Cl)cc(C(=O)OCc2cc(-c3ccc(OC)cc3)no2)cc1OC. The Bertz CT molecular complexity index is 983. The summed E-state index contributed by atoms with van der Waals surface area (Å²) in [6.45, 7) is 2.17. The number of aromatic nitrogens is 1. The Balaban J connectivity index is 1.68. The second-order valence-electron chi connectivity index (χ2n) is 5.91. The van der Waals surface area contributed by atoms with E-state index in [1.807, 2.05) is 31.2 Å². The molecule has 0 saturated heterocycles. The minimum Gasteiger partial charge on any atom is -0.497 e. The van der Waals surface area contributed by atoms with Crippen LogP contribution in [0, 0.1) is 0 Å². The summed E-state index contributed by atoms with van der Waals surface area (Å²) in [4.78, 5) is 12.4. The molecule has 0 N–H and O–H groups in total. The number of rotatable bonds is 8. The molecular formula is C21H20ClNO6. The second-order valence-corrected chi connectivity index (χ2v) is 6.31. The van der Waals surface area contributed by atoms with E-state index in [1.165, 1.54) is 19.2 Å². The van der Waals surface area contributed by atoms with Gasteiger partial charge in [0, 0.05) is 11.6 Å². The number of esters is 1. The fourth-order valence-electron chi connectivity index (χ4n) is 2.62. The zero-order valence-corrected chi connectivity index (χ0v) is 17.0. The van der Waals surface area contributed by atoms with E-state index in [4.69, 9.17) is 35.1 Å². The lowest BCUT2D eigenvalue weighted by atomic mass is 10.1. The van der Waals surface area contributed by atoms with Crippen LogP contribution in [-0.2, 0) is 11.3 Å². The van der Waals surface area contributed by atoms with Crippen LogP contribution >= 0.6 is 11.6 Å². The van der Waals surface area contributed by atoms with Gasteiger partial charge < -0.3 is 23.5 Å². The van der Waals surface area contributed by atoms with Gasteiger partial charge in [0.05, 0.1) is 31.4 Å². The first-order valence-electron chi connectivity index (χ1n) is 8.83. The smallest absolute Gasteiger partial charge is 0.338 e. The third-order valence-electron chi connectivity index (χ3n) is 4.04. The molecule has 0 saturated carbocycles. The van der Waals surface area contributed by atoms with Crippen LogP contribution in [-0.4, -0.2) is 32.0 Å². The highest BCUT2D eigenvalue weighted by Gasteiger charge is 2.17. The number of carbonyl (C=O) groups is 1. The van der Waals surface area contributed by atoms with Gasteiger partial charge >= 0.3 is 5.97 Å². The van der Waals surface area contributed by atoms with Crippen molar-refractivity contribution in [3.63, 3.8) is 0 Å². The molecule has 0 spiro atoms. The maximum absolute atomic E-state index is 12.4. The van der Waals surface area contributed by atoms with Crippen molar-refractivity contribution in [2.24, 2.45) is 0 Å². The molecule has 3 rings (SSSR count). The molecule has 0 unspecified atom stereocenters. The van der Waals surface area contributed by atoms with Crippen LogP contribution in [0.15, 0.2) is 47.0 Å². The minimum atomic E-state index is -0.573. The van der Waals surface area contributed by atoms with Crippen LogP contribution in [0.1, 0.15) is 23.0 Å². The molecular weight excluding hydrogens is 398 g/mol. The number of ether oxygens (including phenoxy) is 4. The van der Waals surface area contributed by atoms with E-state index in [9.17, 15) is 4.79 Å². The quantitative estimate of drug-likeness (QED) is 0.488. The number of hydrogen-bond acceptors (Lipinski definition) is 7. The number of nitrogens with zero attached hydrogens (tertiary/aromatic N) is 1. The van der Waals surface area contributed by atoms with E-state index in [2.05, 4.69) is 5.16 Å². The highest BCUT2D eigenvalue weighted by molar-refractivity contribution is 6.32. The summed E-state index contributed by atoms with van der Waals surface area (Å²) in [5.74, 6) is 1.32. The fourth-order valence-corrected chi connectivity index (χ4v) is 2.89. The molecule has 0 aliphatic rings. The molecule has 0 fully saturated rings. The molecule has 7 nitrogen and oxygen atoms in total. The molecule has 0 amide bonds. The Morgan fingerprint density at radius 2 is 1.86 bits per heavy atom. The maximum Gasteiger partial charge on any atom is 0.338 e. The fraction of sp³-hybridized carbons (Fsp3) is 0.238. The van der Waals surface area contributed by atoms with Crippen LogP contribution in [0.25, 0.3) is 11.3 Å². The lowest BCUT2D eigenvalue weighted by molar-refractivity contribution is 0.0437. The molecule has 2 aromatic carbocycles. The molecule has 1 heterocycles. The summed E-state index contributed by atoms with van der Waals surface area (Å²) in [6.07, 6.45) is 0. The minimum absolute atomic E-state index is 0.0743. The number of halogens is 1. The van der Waals surface area contributed by atoms with Crippen LogP contribution in [0.3, 0.4) is 0 Å². The van der Waals surface area contributed by atoms with Crippen molar-refractivity contribution in [1.82, 2.24) is 5.16 Å². The topological polar surface area (TPSA) is 80.0 Å². The van der Waals surface area contributed by atoms with Crippen LogP contribution in [0.5, 0.6) is 17.2 Å². The van der Waals surface area contributed by atoms with Crippen molar-refractivity contribution >= 4 is 17.6 Å². The zero-order valence-electron chi connectivity index (χ0n) is 16.2. The lowest BCUT2D eigenvalue weighted by Gasteiger charge is -2.12. The van der Waals surface area contributed by atoms with Crippen LogP contribution in [0.4, 0.5) is 0 Å². The second kappa shape index (κ2) is 9.34. The molecule has 3 aromatic rings. The summed E-state index contributed by atoms with van der Waals surface area (Å²) < 4.78 is 26.4. The van der Waals surface area contributed by atoms with Gasteiger partial charge in [0.25, 0.3) is 0 Å². The van der Waals surface area contributed by atoms with Crippen LogP contribution in [0.2, 0.25) is 5.02 Å². The Hall–Kier alpha value is -3.19. The van der Waals surface area contributed by atoms with Gasteiger partial charge in [-0.2, -0.15) is 0 Å². The van der Waals surface area contributed by atoms with Crippen molar-refractivity contribution < 1.29 is 28.3 Å². The Kier molecular flexibility index (Phi) is 6.61. The van der Waals surface area contributed by atoms with Crippen molar-refractivity contribution in [1.29, 1.82) is 0 Å². The summed E-state index contributed by atoms with van der Waals surface area (Å²) in [7, 11) is 3.07. The third kappa shape index (κ3) is 4.81. The molecule has 0 bridgehead atoms. The molecule has 0 atom stereocenters. The zero-order chi connectivity index (χ0) is 20.8. The molecule has 0 aliphatic carbocycles. The van der Waals surface area contributed by atoms with Crippen molar-refractivity contribution in [2.45, 2.75) is 13.5 Å². The van der Waals surface area contributed by atoms with E-state index in [1.54, 1.807) is 13.2 Å². The van der Waals surface area contributed by atoms with Gasteiger partial charge in [-0.15, -0.1) is 0 Å². The van der Waals surface area contributed by atoms with Gasteiger partial charge in [-0.05, 0) is 43.3 Å². The molecule has 29 heavy (non-hydrogen) atoms. The largest absolute Gasteiger partial charge is 0.497 e. The van der Waals surface area contributed by atoms with Gasteiger partial charge in [-0.25, -0.2) is 4.79 Å². The van der Waals surface area contributed by atoms with E-state index in [0.29, 0.717) is 29.6 Å². The third-order valence-corrected chi connectivity index (χ3v) is 4.32. The van der Waals surface area contributed by atoms with E-state index >= 15 is 0 Å². The summed E-state index contributed by atoms with van der Waals surface area (Å²) in [6, 6.07) is 12.1. The van der Waals surface area contributed by atoms with E-state index in [-0.39, 0.29) is 17.2 Å². The highest BCUT2D eigenvalue weighted by atomic mass is 35.5. The lowest BCUT2D eigenvalue weighted by Crippen LogP contribution is -2.06. The van der Waals surface area contributed by atoms with Gasteiger partial charge in [0.1, 0.15) is 11.4 Å². The standard InChI is InChI=1S/C21H20ClNO6/c1-4-27-20-17(22)9-14(10-19(20)26-3)21(24)28-12-16-11-18(23-29-16)13-5-7-15(25-2)8-6-13/h5-11H,4,12H2,1-3H3. The Morgan fingerprint density at radius 3 is 2.52 bits per heavy atom. The number of carbonyl (C=O) groups excluding carboxylic acids is 1. The first kappa shape index (κ1) is 20.5. The van der Waals surface area contributed by atoms with Gasteiger partial charge in [0.15, 0.2) is 23.9 Å². The molecule has 152 valence electrons. The monoisotopic (exact) mass is 417 g/mol. The van der Waals surface area contributed by atoms with Gasteiger partial charge in [-0.1, -0.05) is 16.8 Å². The van der Waals surface area contributed by atoms with Gasteiger partial charge in [0.2, 0.25) is 0 Å². The van der Waals surface area contributed by atoms with Gasteiger partial charge in [-0.3, -0.25) is 0 Å². The number of hydrogen-bond donors (Lipinski definition) is 0. The highest BCUT2D eigenvalue weighted by Crippen LogP contribution is 2.36. The predicted molar refractivity (Wildman–Crippen MR) is 107 cm³/mol. The average molecular weight is 418 g/mol. The summed E-state index contributed by atoms with van der Waals surface area (Å²) in [5.41, 5.74) is 1.73. The maximum atomic E-state index is 12.4. The normalized spacial score (nSPS) is 10.5. The van der Waals surface area contributed by atoms with Crippen molar-refractivity contribution in [3.8, 4) is 28.5 Å². The Morgan fingerprint density at radius 1 is 1.10 bits per heavy atom. The van der Waals surface area contributed by atoms with E-state index in [0.717, 1.165) is 11.3 Å². The first-order valence-corrected chi connectivity index (χ1v) is 9.21. The molecule has 1 aromatic heterocycles. The van der Waals surface area contributed by atoms with Crippen LogP contribution < -0.4 is 14.2 Å². The van der Waals surface area contributed by atoms with Crippen molar-refractivity contribution in [3.05, 3.63) is 58.8 Å². The number of benzene rings is 2. The average Bonchev–Trinajstić information content (AvgIpc) is 3.22. The Labute approximate surface area is 173 Å². The van der Waals surface area contributed by atoms with E-state index < -0.39 is 5.97 Å². The number of methoxy groups -OCH3 is 2. The molecule has 0 aliphatic heterocycles. The predicted octanol–water partition coefficient (Wildman–Crippen LogP) is 4.77. The van der Waals surface area contributed by atoms with Crippen molar-refractivity contribution in [2.75, 3.05) is 20.8 Å². The first-order chi connectivity index (χ1) is 14.0. The summed E-state index contributed by atoms with van der Waals surface area (Å²) in [5, 5.41) is 4.26. The molecule has 8 heteroatoms.